The van der Waals surface area contributed by atoms with Crippen LogP contribution in [0.15, 0.2) is 35.5 Å². The van der Waals surface area contributed by atoms with Gasteiger partial charge < -0.3 is 15.3 Å². The van der Waals surface area contributed by atoms with Gasteiger partial charge in [0.2, 0.25) is 0 Å². The van der Waals surface area contributed by atoms with Crippen molar-refractivity contribution < 1.29 is 70.5 Å². The first kappa shape index (κ1) is 29.0. The van der Waals surface area contributed by atoms with Crippen molar-refractivity contribution >= 4 is 17.3 Å². The summed E-state index contributed by atoms with van der Waals surface area (Å²) in [5, 5.41) is 25.1. The summed E-state index contributed by atoms with van der Waals surface area (Å²) in [6, 6.07) is 0. The molecular formula is C15H24NdO6. The fourth-order valence-corrected chi connectivity index (χ4v) is 0.882. The molecule has 0 rings (SSSR count). The van der Waals surface area contributed by atoms with E-state index < -0.39 is 0 Å². The molecule has 3 N–H and O–H groups in total. The van der Waals surface area contributed by atoms with Gasteiger partial charge >= 0.3 is 0 Å². The molecule has 22 heavy (non-hydrogen) atoms. The maximum atomic E-state index is 10.0. The van der Waals surface area contributed by atoms with Crippen molar-refractivity contribution in [3.05, 3.63) is 35.5 Å². The summed E-state index contributed by atoms with van der Waals surface area (Å²) >= 11 is 0. The Morgan fingerprint density at radius 2 is 0.682 bits per heavy atom. The van der Waals surface area contributed by atoms with Crippen molar-refractivity contribution in [3.63, 3.8) is 0 Å². The topological polar surface area (TPSA) is 112 Å². The molecule has 0 aliphatic carbocycles. The minimum absolute atomic E-state index is 0. The van der Waals surface area contributed by atoms with Gasteiger partial charge in [-0.15, -0.1) is 0 Å². The Labute approximate surface area is 164 Å². The van der Waals surface area contributed by atoms with Gasteiger partial charge in [-0.2, -0.15) is 0 Å². The molecule has 0 aromatic heterocycles. The van der Waals surface area contributed by atoms with Gasteiger partial charge in [0, 0.05) is 59.1 Å². The fourth-order valence-electron chi connectivity index (χ4n) is 0.882. The summed E-state index contributed by atoms with van der Waals surface area (Å²) < 4.78 is 0. The van der Waals surface area contributed by atoms with Gasteiger partial charge in [0.1, 0.15) is 0 Å². The Hall–Kier alpha value is -1.02. The molecule has 0 amide bonds. The summed E-state index contributed by atoms with van der Waals surface area (Å²) in [7, 11) is 0. The van der Waals surface area contributed by atoms with Crippen LogP contribution >= 0.6 is 0 Å². The summed E-state index contributed by atoms with van der Waals surface area (Å²) in [5.74, 6) is -0.187. The first-order chi connectivity index (χ1) is 9.38. The van der Waals surface area contributed by atoms with Crippen molar-refractivity contribution in [3.8, 4) is 0 Å². The largest absolute Gasteiger partial charge is 0.512 e. The first-order valence-electron chi connectivity index (χ1n) is 6.02. The third-order valence-electron chi connectivity index (χ3n) is 1.24. The molecular weight excluding hydrogens is 420 g/mol. The number of rotatable bonds is 3. The summed E-state index contributed by atoms with van der Waals surface area (Å²) in [5.41, 5.74) is 0. The molecule has 0 aromatic carbocycles. The van der Waals surface area contributed by atoms with E-state index in [1.54, 1.807) is 0 Å². The number of carbonyl (C=O) groups excluding carboxylic acids is 3. The minimum atomic E-state index is -0.125. The Kier molecular flexibility index (Phi) is 23.8. The molecule has 0 radical (unpaired) electrons. The van der Waals surface area contributed by atoms with Crippen LogP contribution in [0.1, 0.15) is 41.5 Å². The number of hydrogen-bond acceptors (Lipinski definition) is 6. The zero-order chi connectivity index (χ0) is 17.6. The van der Waals surface area contributed by atoms with Crippen molar-refractivity contribution in [1.29, 1.82) is 0 Å². The number of hydrogen-bond donors (Lipinski definition) is 3. The molecule has 6 nitrogen and oxygen atoms in total. The van der Waals surface area contributed by atoms with E-state index >= 15 is 0 Å². The minimum Gasteiger partial charge on any atom is -0.512 e. The second-order valence-electron chi connectivity index (χ2n) is 4.19. The quantitative estimate of drug-likeness (QED) is 0.455. The Balaban J connectivity index is -0.000000108. The van der Waals surface area contributed by atoms with Crippen LogP contribution in [0, 0.1) is 40.8 Å². The third-order valence-corrected chi connectivity index (χ3v) is 1.24. The van der Waals surface area contributed by atoms with E-state index in [1.807, 2.05) is 0 Å². The molecule has 0 aliphatic rings. The van der Waals surface area contributed by atoms with Crippen LogP contribution < -0.4 is 0 Å². The van der Waals surface area contributed by atoms with Gasteiger partial charge in [0.25, 0.3) is 0 Å². The zero-order valence-corrected chi connectivity index (χ0v) is 17.0. The molecule has 124 valence electrons. The maximum Gasteiger partial charge on any atom is 0.155 e. The zero-order valence-electron chi connectivity index (χ0n) is 13.8. The van der Waals surface area contributed by atoms with E-state index in [9.17, 15) is 14.4 Å². The third kappa shape index (κ3) is 50.9. The molecule has 0 unspecified atom stereocenters. The van der Waals surface area contributed by atoms with Crippen molar-refractivity contribution in [2.24, 2.45) is 0 Å². The van der Waals surface area contributed by atoms with E-state index in [0.29, 0.717) is 0 Å². The average Bonchev–Trinajstić information content (AvgIpc) is 2.10. The van der Waals surface area contributed by atoms with Gasteiger partial charge in [-0.25, -0.2) is 0 Å². The van der Waals surface area contributed by atoms with Crippen LogP contribution in [0.3, 0.4) is 0 Å². The van der Waals surface area contributed by atoms with Gasteiger partial charge in [-0.3, -0.25) is 14.4 Å². The van der Waals surface area contributed by atoms with Crippen molar-refractivity contribution in [2.75, 3.05) is 0 Å². The van der Waals surface area contributed by atoms with E-state index in [1.165, 1.54) is 59.8 Å². The Morgan fingerprint density at radius 3 is 0.682 bits per heavy atom. The monoisotopic (exact) mass is 442 g/mol. The molecule has 0 aliphatic heterocycles. The predicted molar refractivity (Wildman–Crippen MR) is 81.2 cm³/mol. The Morgan fingerprint density at radius 1 is 0.545 bits per heavy atom. The molecule has 0 atom stereocenters. The van der Waals surface area contributed by atoms with Crippen molar-refractivity contribution in [1.82, 2.24) is 0 Å². The van der Waals surface area contributed by atoms with Crippen LogP contribution in [0.4, 0.5) is 0 Å². The average molecular weight is 445 g/mol. The van der Waals surface area contributed by atoms with Crippen LogP contribution in [-0.4, -0.2) is 32.7 Å². The molecule has 0 fully saturated rings. The van der Waals surface area contributed by atoms with Gasteiger partial charge in [0.05, 0.1) is 17.3 Å². The first-order valence-corrected chi connectivity index (χ1v) is 6.02. The number of carbonyl (C=O) groups is 3. The van der Waals surface area contributed by atoms with E-state index in [-0.39, 0.29) is 75.5 Å². The SMILES string of the molecule is CC(=O)C=C(C)O.CC(=O)C=C(C)O.CC(=O)C=C(C)O.[Nd]. The van der Waals surface area contributed by atoms with Crippen LogP contribution in [0.25, 0.3) is 0 Å². The summed E-state index contributed by atoms with van der Waals surface area (Å²) in [4.78, 5) is 30.1. The van der Waals surface area contributed by atoms with Gasteiger partial charge in [-0.05, 0) is 41.5 Å². The number of allylic oxidation sites excluding steroid dienone is 6. The molecule has 0 heterocycles. The molecule has 0 saturated carbocycles. The second-order valence-corrected chi connectivity index (χ2v) is 4.19. The number of aliphatic hydroxyl groups excluding tert-OH is 3. The summed E-state index contributed by atoms with van der Waals surface area (Å²) in [6.45, 7) is 8.54. The molecule has 0 bridgehead atoms. The van der Waals surface area contributed by atoms with E-state index in [2.05, 4.69) is 0 Å². The smallest absolute Gasteiger partial charge is 0.155 e. The van der Waals surface area contributed by atoms with Gasteiger partial charge in [0.15, 0.2) is 17.3 Å². The number of ketones is 3. The molecule has 0 saturated heterocycles. The summed E-state index contributed by atoms with van der Waals surface area (Å²) in [6.07, 6.45) is 3.50. The van der Waals surface area contributed by atoms with Crippen LogP contribution in [-0.2, 0) is 14.4 Å². The molecule has 0 aromatic rings. The second kappa shape index (κ2) is 18.0. The Bertz CT molecular complexity index is 368. The predicted octanol–water partition coefficient (Wildman–Crippen LogP) is 3.11. The van der Waals surface area contributed by atoms with Crippen LogP contribution in [0.5, 0.6) is 0 Å². The van der Waals surface area contributed by atoms with E-state index in [4.69, 9.17) is 15.3 Å². The fraction of sp³-hybridized carbons (Fsp3) is 0.400. The molecule has 7 heteroatoms. The standard InChI is InChI=1S/3C5H8O2.Nd/c3*1-4(6)3-5(2)7;/h3*3,6H,1-2H3;. The normalized spacial score (nSPS) is 10.9. The van der Waals surface area contributed by atoms with Crippen LogP contribution in [0.2, 0.25) is 0 Å². The number of aliphatic hydroxyl groups is 3. The van der Waals surface area contributed by atoms with Crippen molar-refractivity contribution in [2.45, 2.75) is 41.5 Å². The van der Waals surface area contributed by atoms with E-state index in [0.717, 1.165) is 0 Å². The van der Waals surface area contributed by atoms with Gasteiger partial charge in [-0.1, -0.05) is 0 Å². The maximum absolute atomic E-state index is 10.0. The molecule has 0 spiro atoms.